The molecule has 0 fully saturated rings. The van der Waals surface area contributed by atoms with Gasteiger partial charge in [-0.25, -0.2) is 0 Å². The molecule has 98 valence electrons. The Morgan fingerprint density at radius 1 is 1.00 bits per heavy atom. The molecule has 0 aliphatic carbocycles. The summed E-state index contributed by atoms with van der Waals surface area (Å²) in [6.07, 6.45) is 1.15. The summed E-state index contributed by atoms with van der Waals surface area (Å²) in [5, 5.41) is 0. The van der Waals surface area contributed by atoms with Crippen molar-refractivity contribution in [3.63, 3.8) is 0 Å². The molecule has 0 unspecified atom stereocenters. The van der Waals surface area contributed by atoms with Crippen LogP contribution in [0.3, 0.4) is 0 Å². The van der Waals surface area contributed by atoms with Crippen LogP contribution in [0, 0.1) is 3.57 Å². The molecule has 2 nitrogen and oxygen atoms in total. The van der Waals surface area contributed by atoms with Crippen molar-refractivity contribution in [2.24, 2.45) is 0 Å². The lowest BCUT2D eigenvalue weighted by Gasteiger charge is -2.04. The number of aryl methyl sites for hydroxylation is 1. The van der Waals surface area contributed by atoms with E-state index in [-0.39, 0.29) is 5.97 Å². The number of esters is 1. The van der Waals surface area contributed by atoms with Crippen molar-refractivity contribution in [3.05, 3.63) is 57.7 Å². The Hall–Kier alpha value is -1.36. The zero-order chi connectivity index (χ0) is 13.7. The van der Waals surface area contributed by atoms with Crippen molar-refractivity contribution in [2.45, 2.75) is 12.8 Å². The van der Waals surface area contributed by atoms with Crippen molar-refractivity contribution in [2.75, 3.05) is 7.11 Å². The van der Waals surface area contributed by atoms with Gasteiger partial charge in [-0.15, -0.1) is 0 Å². The molecule has 0 radical (unpaired) electrons. The molecule has 0 amide bonds. The van der Waals surface area contributed by atoms with Crippen molar-refractivity contribution in [1.29, 1.82) is 0 Å². The predicted octanol–water partition coefficient (Wildman–Crippen LogP) is 4.06. The van der Waals surface area contributed by atoms with Crippen LogP contribution >= 0.6 is 22.6 Å². The molecule has 2 aromatic carbocycles. The summed E-state index contributed by atoms with van der Waals surface area (Å²) in [5.74, 6) is -0.165. The topological polar surface area (TPSA) is 26.3 Å². The van der Waals surface area contributed by atoms with Gasteiger partial charge in [0.25, 0.3) is 0 Å². The van der Waals surface area contributed by atoms with Gasteiger partial charge >= 0.3 is 5.97 Å². The zero-order valence-corrected chi connectivity index (χ0v) is 12.9. The fraction of sp³-hybridized carbons (Fsp3) is 0.188. The van der Waals surface area contributed by atoms with Gasteiger partial charge in [0, 0.05) is 9.99 Å². The van der Waals surface area contributed by atoms with Gasteiger partial charge in [-0.05, 0) is 57.8 Å². The smallest absolute Gasteiger partial charge is 0.305 e. The quantitative estimate of drug-likeness (QED) is 0.603. The molecule has 0 bridgehead atoms. The minimum Gasteiger partial charge on any atom is -0.469 e. The van der Waals surface area contributed by atoms with Gasteiger partial charge in [-0.3, -0.25) is 4.79 Å². The van der Waals surface area contributed by atoms with E-state index in [1.807, 2.05) is 0 Å². The van der Waals surface area contributed by atoms with E-state index in [1.54, 1.807) is 0 Å². The van der Waals surface area contributed by atoms with Crippen LogP contribution < -0.4 is 0 Å². The van der Waals surface area contributed by atoms with E-state index in [2.05, 4.69) is 75.9 Å². The highest BCUT2D eigenvalue weighted by Crippen LogP contribution is 2.21. The van der Waals surface area contributed by atoms with Crippen LogP contribution in [-0.2, 0) is 16.0 Å². The largest absolute Gasteiger partial charge is 0.469 e. The summed E-state index contributed by atoms with van der Waals surface area (Å²) in [7, 11) is 1.42. The molecule has 0 aliphatic heterocycles. The molecule has 0 N–H and O–H groups in total. The summed E-state index contributed by atoms with van der Waals surface area (Å²) < 4.78 is 5.87. The van der Waals surface area contributed by atoms with E-state index < -0.39 is 0 Å². The standard InChI is InChI=1S/C16H15IO2/c1-19-16(18)11-4-12-2-5-13(6-3-12)14-7-9-15(17)10-8-14/h2-3,5-10H,4,11H2,1H3. The number of hydrogen-bond donors (Lipinski definition) is 0. The van der Waals surface area contributed by atoms with E-state index in [0.29, 0.717) is 6.42 Å². The number of benzene rings is 2. The second-order valence-electron chi connectivity index (χ2n) is 4.28. The van der Waals surface area contributed by atoms with Crippen LogP contribution in [0.1, 0.15) is 12.0 Å². The van der Waals surface area contributed by atoms with Crippen LogP contribution in [0.4, 0.5) is 0 Å². The molecule has 0 heterocycles. The molecule has 2 aromatic rings. The average molecular weight is 366 g/mol. The first-order valence-electron chi connectivity index (χ1n) is 6.11. The molecule has 0 aliphatic rings. The number of carbonyl (C=O) groups excluding carboxylic acids is 1. The number of carbonyl (C=O) groups is 1. The Morgan fingerprint density at radius 3 is 2.05 bits per heavy atom. The number of halogens is 1. The molecule has 0 atom stereocenters. The highest BCUT2D eigenvalue weighted by Gasteiger charge is 2.02. The lowest BCUT2D eigenvalue weighted by Crippen LogP contribution is -2.01. The molecule has 2 rings (SSSR count). The van der Waals surface area contributed by atoms with Crippen molar-refractivity contribution < 1.29 is 9.53 Å². The van der Waals surface area contributed by atoms with Crippen LogP contribution in [0.2, 0.25) is 0 Å². The number of methoxy groups -OCH3 is 1. The van der Waals surface area contributed by atoms with E-state index in [9.17, 15) is 4.79 Å². The molecule has 0 aromatic heterocycles. The average Bonchev–Trinajstić information content (AvgIpc) is 2.46. The van der Waals surface area contributed by atoms with Crippen LogP contribution in [0.15, 0.2) is 48.5 Å². The first-order valence-corrected chi connectivity index (χ1v) is 7.18. The molecule has 0 saturated heterocycles. The van der Waals surface area contributed by atoms with Crippen LogP contribution in [0.25, 0.3) is 11.1 Å². The molecule has 0 spiro atoms. The van der Waals surface area contributed by atoms with Crippen LogP contribution in [0.5, 0.6) is 0 Å². The molecule has 3 heteroatoms. The summed E-state index contributed by atoms with van der Waals surface area (Å²) in [6, 6.07) is 16.7. The Labute approximate surface area is 126 Å². The fourth-order valence-electron chi connectivity index (χ4n) is 1.85. The van der Waals surface area contributed by atoms with Gasteiger partial charge in [0.1, 0.15) is 0 Å². The predicted molar refractivity (Wildman–Crippen MR) is 84.9 cm³/mol. The second-order valence-corrected chi connectivity index (χ2v) is 5.53. The highest BCUT2D eigenvalue weighted by atomic mass is 127. The van der Waals surface area contributed by atoms with Gasteiger partial charge in [-0.2, -0.15) is 0 Å². The third-order valence-electron chi connectivity index (χ3n) is 2.98. The number of ether oxygens (including phenoxy) is 1. The van der Waals surface area contributed by atoms with E-state index in [1.165, 1.54) is 21.8 Å². The van der Waals surface area contributed by atoms with E-state index >= 15 is 0 Å². The molecule has 19 heavy (non-hydrogen) atoms. The Bertz CT molecular complexity index is 544. The maximum absolute atomic E-state index is 11.1. The summed E-state index contributed by atoms with van der Waals surface area (Å²) in [6.45, 7) is 0. The first-order chi connectivity index (χ1) is 9.19. The number of hydrogen-bond acceptors (Lipinski definition) is 2. The zero-order valence-electron chi connectivity index (χ0n) is 10.7. The molecular formula is C16H15IO2. The lowest BCUT2D eigenvalue weighted by atomic mass is 10.0. The Balaban J connectivity index is 2.06. The molecular weight excluding hydrogens is 351 g/mol. The van der Waals surface area contributed by atoms with Gasteiger partial charge in [0.05, 0.1) is 7.11 Å². The summed E-state index contributed by atoms with van der Waals surface area (Å²) in [5.41, 5.74) is 3.55. The van der Waals surface area contributed by atoms with Crippen molar-refractivity contribution >= 4 is 28.6 Å². The Morgan fingerprint density at radius 2 is 1.53 bits per heavy atom. The van der Waals surface area contributed by atoms with Gasteiger partial charge < -0.3 is 4.74 Å². The maximum atomic E-state index is 11.1. The molecule has 0 saturated carbocycles. The Kier molecular flexibility index (Phi) is 4.96. The van der Waals surface area contributed by atoms with E-state index in [4.69, 9.17) is 0 Å². The second kappa shape index (κ2) is 6.70. The van der Waals surface area contributed by atoms with E-state index in [0.717, 1.165) is 12.0 Å². The van der Waals surface area contributed by atoms with Crippen LogP contribution in [-0.4, -0.2) is 13.1 Å². The van der Waals surface area contributed by atoms with Gasteiger partial charge in [0.2, 0.25) is 0 Å². The minimum atomic E-state index is -0.165. The number of rotatable bonds is 4. The fourth-order valence-corrected chi connectivity index (χ4v) is 2.21. The first kappa shape index (κ1) is 14.1. The minimum absolute atomic E-state index is 0.165. The van der Waals surface area contributed by atoms with Crippen molar-refractivity contribution in [3.8, 4) is 11.1 Å². The monoisotopic (exact) mass is 366 g/mol. The maximum Gasteiger partial charge on any atom is 0.305 e. The SMILES string of the molecule is COC(=O)CCc1ccc(-c2ccc(I)cc2)cc1. The third-order valence-corrected chi connectivity index (χ3v) is 3.70. The summed E-state index contributed by atoms with van der Waals surface area (Å²) in [4.78, 5) is 11.1. The van der Waals surface area contributed by atoms with Crippen molar-refractivity contribution in [1.82, 2.24) is 0 Å². The van der Waals surface area contributed by atoms with Gasteiger partial charge in [-0.1, -0.05) is 36.4 Å². The van der Waals surface area contributed by atoms with Gasteiger partial charge in [0.15, 0.2) is 0 Å². The highest BCUT2D eigenvalue weighted by molar-refractivity contribution is 14.1. The lowest BCUT2D eigenvalue weighted by molar-refractivity contribution is -0.140. The normalized spacial score (nSPS) is 10.2. The summed E-state index contributed by atoms with van der Waals surface area (Å²) >= 11 is 2.30. The third kappa shape index (κ3) is 4.06.